The molecule has 1 aromatic heterocycles. The van der Waals surface area contributed by atoms with Crippen LogP contribution in [0.1, 0.15) is 23.7 Å². The van der Waals surface area contributed by atoms with Gasteiger partial charge in [0, 0.05) is 13.2 Å². The molecular formula is C20H20N2O2S2. The van der Waals surface area contributed by atoms with Gasteiger partial charge in [-0.25, -0.2) is 4.98 Å². The molecular weight excluding hydrogens is 364 g/mol. The average Bonchev–Trinajstić information content (AvgIpc) is 3.34. The first-order valence-corrected chi connectivity index (χ1v) is 10.5. The number of hydrogen-bond acceptors (Lipinski definition) is 5. The van der Waals surface area contributed by atoms with Crippen LogP contribution in [-0.4, -0.2) is 30.1 Å². The number of carbonyl (C=O) groups is 1. The fourth-order valence-corrected chi connectivity index (χ4v) is 5.30. The van der Waals surface area contributed by atoms with E-state index in [0.717, 1.165) is 39.6 Å². The highest BCUT2D eigenvalue weighted by Crippen LogP contribution is 2.39. The third kappa shape index (κ3) is 4.09. The van der Waals surface area contributed by atoms with Crippen LogP contribution in [0.25, 0.3) is 10.2 Å². The number of thioether (sulfide) groups is 1. The largest absolute Gasteiger partial charge is 0.376 e. The number of amides is 1. The summed E-state index contributed by atoms with van der Waals surface area (Å²) < 4.78 is 7.67. The monoisotopic (exact) mass is 384 g/mol. The molecule has 0 radical (unpaired) electrons. The second kappa shape index (κ2) is 8.20. The molecule has 1 aliphatic rings. The molecule has 1 amide bonds. The number of para-hydroxylation sites is 1. The van der Waals surface area contributed by atoms with Crippen molar-refractivity contribution < 1.29 is 9.53 Å². The molecule has 1 N–H and O–H groups in total. The zero-order valence-corrected chi connectivity index (χ0v) is 15.9. The van der Waals surface area contributed by atoms with Crippen LogP contribution in [0.3, 0.4) is 0 Å². The van der Waals surface area contributed by atoms with Gasteiger partial charge in [0.25, 0.3) is 0 Å². The first kappa shape index (κ1) is 17.5. The van der Waals surface area contributed by atoms with Gasteiger partial charge in [-0.3, -0.25) is 4.79 Å². The van der Waals surface area contributed by atoms with Crippen LogP contribution in [0.4, 0.5) is 0 Å². The molecule has 4 rings (SSSR count). The zero-order valence-electron chi connectivity index (χ0n) is 14.3. The summed E-state index contributed by atoms with van der Waals surface area (Å²) in [5.74, 6) is 0.0101. The molecule has 4 nitrogen and oxygen atoms in total. The van der Waals surface area contributed by atoms with Crippen molar-refractivity contribution >= 4 is 39.2 Å². The third-order valence-corrected chi connectivity index (χ3v) is 6.75. The van der Waals surface area contributed by atoms with Crippen molar-refractivity contribution in [2.45, 2.75) is 28.5 Å². The smallest absolute Gasteiger partial charge is 0.238 e. The second-order valence-corrected chi connectivity index (χ2v) is 8.62. The second-order valence-electron chi connectivity index (χ2n) is 6.24. The van der Waals surface area contributed by atoms with E-state index in [9.17, 15) is 4.79 Å². The molecule has 3 aromatic rings. The maximum Gasteiger partial charge on any atom is 0.238 e. The van der Waals surface area contributed by atoms with Crippen molar-refractivity contribution in [3.05, 3.63) is 60.2 Å². The van der Waals surface area contributed by atoms with Crippen molar-refractivity contribution in [3.8, 4) is 0 Å². The predicted octanol–water partition coefficient (Wildman–Crippen LogP) is 4.42. The van der Waals surface area contributed by atoms with E-state index in [1.807, 2.05) is 48.5 Å². The fraction of sp³-hybridized carbons (Fsp3) is 0.300. The van der Waals surface area contributed by atoms with Crippen molar-refractivity contribution in [2.24, 2.45) is 0 Å². The molecule has 0 spiro atoms. The Hall–Kier alpha value is -1.89. The Kier molecular flexibility index (Phi) is 5.53. The van der Waals surface area contributed by atoms with Crippen LogP contribution in [0, 0.1) is 0 Å². The Morgan fingerprint density at radius 1 is 1.23 bits per heavy atom. The van der Waals surface area contributed by atoms with Gasteiger partial charge in [0.05, 0.1) is 16.3 Å². The van der Waals surface area contributed by atoms with Gasteiger partial charge in [-0.05, 0) is 30.5 Å². The SMILES string of the molecule is O=C(NCC1CCCO1)C(Sc1nc2ccccc2s1)c1ccccc1. The molecule has 2 heterocycles. The van der Waals surface area contributed by atoms with Gasteiger partial charge in [-0.2, -0.15) is 0 Å². The number of carbonyl (C=O) groups excluding carboxylic acids is 1. The lowest BCUT2D eigenvalue weighted by Gasteiger charge is -2.17. The molecule has 0 bridgehead atoms. The summed E-state index contributed by atoms with van der Waals surface area (Å²) in [6, 6.07) is 18.0. The lowest BCUT2D eigenvalue weighted by Crippen LogP contribution is -2.34. The average molecular weight is 385 g/mol. The molecule has 1 saturated heterocycles. The standard InChI is InChI=1S/C20H20N2O2S2/c23-19(21-13-15-9-6-12-24-15)18(14-7-2-1-3-8-14)26-20-22-16-10-4-5-11-17(16)25-20/h1-5,7-8,10-11,15,18H,6,9,12-13H2,(H,21,23). The maximum absolute atomic E-state index is 12.9. The van der Waals surface area contributed by atoms with E-state index in [0.29, 0.717) is 6.54 Å². The molecule has 2 aromatic carbocycles. The number of aromatic nitrogens is 1. The first-order chi connectivity index (χ1) is 12.8. The lowest BCUT2D eigenvalue weighted by molar-refractivity contribution is -0.121. The highest BCUT2D eigenvalue weighted by atomic mass is 32.2. The maximum atomic E-state index is 12.9. The van der Waals surface area contributed by atoms with Crippen molar-refractivity contribution in [1.29, 1.82) is 0 Å². The highest BCUT2D eigenvalue weighted by Gasteiger charge is 2.25. The van der Waals surface area contributed by atoms with E-state index in [1.54, 1.807) is 11.3 Å². The number of nitrogens with one attached hydrogen (secondary N) is 1. The quantitative estimate of drug-likeness (QED) is 0.639. The number of hydrogen-bond donors (Lipinski definition) is 1. The van der Waals surface area contributed by atoms with Gasteiger partial charge < -0.3 is 10.1 Å². The number of fused-ring (bicyclic) bond motifs is 1. The van der Waals surface area contributed by atoms with Crippen molar-refractivity contribution in [1.82, 2.24) is 10.3 Å². The van der Waals surface area contributed by atoms with Gasteiger partial charge in [-0.15, -0.1) is 11.3 Å². The Labute approximate surface area is 161 Å². The van der Waals surface area contributed by atoms with Crippen LogP contribution >= 0.6 is 23.1 Å². The van der Waals surface area contributed by atoms with Gasteiger partial charge in [0.1, 0.15) is 5.25 Å². The Balaban J connectivity index is 1.53. The number of ether oxygens (including phenoxy) is 1. The number of nitrogens with zero attached hydrogens (tertiary/aromatic N) is 1. The van der Waals surface area contributed by atoms with E-state index < -0.39 is 0 Å². The van der Waals surface area contributed by atoms with E-state index in [1.165, 1.54) is 11.8 Å². The van der Waals surface area contributed by atoms with Crippen LogP contribution in [-0.2, 0) is 9.53 Å². The molecule has 1 fully saturated rings. The van der Waals surface area contributed by atoms with Crippen LogP contribution in [0.5, 0.6) is 0 Å². The van der Waals surface area contributed by atoms with Crippen LogP contribution in [0.15, 0.2) is 58.9 Å². The normalized spacial score (nSPS) is 18.1. The lowest BCUT2D eigenvalue weighted by atomic mass is 10.1. The Morgan fingerprint density at radius 2 is 2.04 bits per heavy atom. The topological polar surface area (TPSA) is 51.2 Å². The Bertz CT molecular complexity index is 843. The third-order valence-electron chi connectivity index (χ3n) is 4.36. The molecule has 0 aliphatic carbocycles. The van der Waals surface area contributed by atoms with Crippen LogP contribution in [0.2, 0.25) is 0 Å². The summed E-state index contributed by atoms with van der Waals surface area (Å²) in [7, 11) is 0. The number of rotatable bonds is 6. The molecule has 2 unspecified atom stereocenters. The minimum atomic E-state index is -0.321. The molecule has 134 valence electrons. The van der Waals surface area contributed by atoms with E-state index in [2.05, 4.69) is 16.4 Å². The summed E-state index contributed by atoms with van der Waals surface area (Å²) in [6.07, 6.45) is 2.23. The summed E-state index contributed by atoms with van der Waals surface area (Å²) in [6.45, 7) is 1.37. The summed E-state index contributed by atoms with van der Waals surface area (Å²) in [5.41, 5.74) is 1.97. The van der Waals surface area contributed by atoms with Crippen molar-refractivity contribution in [3.63, 3.8) is 0 Å². The first-order valence-electron chi connectivity index (χ1n) is 8.76. The number of benzene rings is 2. The predicted molar refractivity (Wildman–Crippen MR) is 107 cm³/mol. The summed E-state index contributed by atoms with van der Waals surface area (Å²) in [4.78, 5) is 17.6. The van der Waals surface area contributed by atoms with E-state index in [4.69, 9.17) is 4.74 Å². The minimum absolute atomic E-state index is 0.0101. The molecule has 26 heavy (non-hydrogen) atoms. The summed E-state index contributed by atoms with van der Waals surface area (Å²) in [5, 5.41) is 2.75. The highest BCUT2D eigenvalue weighted by molar-refractivity contribution is 8.02. The van der Waals surface area contributed by atoms with Gasteiger partial charge >= 0.3 is 0 Å². The Morgan fingerprint density at radius 3 is 2.81 bits per heavy atom. The van der Waals surface area contributed by atoms with Crippen LogP contribution < -0.4 is 5.32 Å². The van der Waals surface area contributed by atoms with Crippen molar-refractivity contribution in [2.75, 3.05) is 13.2 Å². The fourth-order valence-electron chi connectivity index (χ4n) is 3.02. The van der Waals surface area contributed by atoms with Gasteiger partial charge in [0.2, 0.25) is 5.91 Å². The van der Waals surface area contributed by atoms with Gasteiger partial charge in [0.15, 0.2) is 4.34 Å². The molecule has 1 aliphatic heterocycles. The van der Waals surface area contributed by atoms with E-state index in [-0.39, 0.29) is 17.3 Å². The molecule has 0 saturated carbocycles. The zero-order chi connectivity index (χ0) is 17.8. The van der Waals surface area contributed by atoms with E-state index >= 15 is 0 Å². The molecule has 2 atom stereocenters. The molecule has 6 heteroatoms. The summed E-state index contributed by atoms with van der Waals surface area (Å²) >= 11 is 3.14. The minimum Gasteiger partial charge on any atom is -0.376 e. The van der Waals surface area contributed by atoms with Gasteiger partial charge in [-0.1, -0.05) is 54.2 Å². The number of thiazole rings is 1.